The van der Waals surface area contributed by atoms with E-state index < -0.39 is 11.9 Å². The van der Waals surface area contributed by atoms with Gasteiger partial charge in [0.1, 0.15) is 12.8 Å². The lowest BCUT2D eigenvalue weighted by molar-refractivity contribution is -0.141. The number of nitrogens with zero attached hydrogens (tertiary/aromatic N) is 4. The highest BCUT2D eigenvalue weighted by atomic mass is 19.4. The molecule has 0 aliphatic rings. The Morgan fingerprint density at radius 2 is 1.57 bits per heavy atom. The molecule has 0 N–H and O–H groups in total. The van der Waals surface area contributed by atoms with E-state index in [1.807, 2.05) is 55.4 Å². The molecule has 2 rings (SSSR count). The maximum Gasteiger partial charge on any atom is 0.433 e. The van der Waals surface area contributed by atoms with Crippen molar-refractivity contribution in [1.29, 1.82) is 0 Å². The van der Waals surface area contributed by atoms with Crippen molar-refractivity contribution in [2.75, 3.05) is 7.11 Å². The molecule has 0 saturated heterocycles. The Morgan fingerprint density at radius 1 is 1.04 bits per heavy atom. The molecule has 0 fully saturated rings. The maximum atomic E-state index is 12.2. The minimum Gasteiger partial charge on any atom is -0.399 e. The van der Waals surface area contributed by atoms with E-state index in [-0.39, 0.29) is 5.89 Å². The zero-order valence-electron chi connectivity index (χ0n) is 18.5. The van der Waals surface area contributed by atoms with Gasteiger partial charge in [0.05, 0.1) is 11.3 Å². The predicted octanol–water partition coefficient (Wildman–Crippen LogP) is 6.57. The zero-order valence-corrected chi connectivity index (χ0v) is 18.5. The van der Waals surface area contributed by atoms with Gasteiger partial charge >= 0.3 is 6.18 Å². The van der Waals surface area contributed by atoms with Gasteiger partial charge in [-0.05, 0) is 32.9 Å². The summed E-state index contributed by atoms with van der Waals surface area (Å²) >= 11 is 0. The number of rotatable bonds is 2. The van der Waals surface area contributed by atoms with E-state index in [1.165, 1.54) is 13.2 Å². The van der Waals surface area contributed by atoms with Crippen LogP contribution < -0.4 is 0 Å². The van der Waals surface area contributed by atoms with E-state index in [0.29, 0.717) is 11.4 Å². The van der Waals surface area contributed by atoms with Crippen LogP contribution in [0.2, 0.25) is 0 Å². The van der Waals surface area contributed by atoms with Gasteiger partial charge < -0.3 is 9.36 Å². The Bertz CT molecular complexity index is 621. The van der Waals surface area contributed by atoms with Gasteiger partial charge in [-0.2, -0.15) is 18.2 Å². The summed E-state index contributed by atoms with van der Waals surface area (Å²) in [7, 11) is 1.53. The van der Waals surface area contributed by atoms with Gasteiger partial charge in [0.15, 0.2) is 5.82 Å². The van der Waals surface area contributed by atoms with Gasteiger partial charge in [0.2, 0.25) is 0 Å². The molecule has 0 aromatic carbocycles. The third kappa shape index (κ3) is 13.7. The molecular weight excluding hydrogens is 373 g/mol. The molecular formula is C19H33F3N4O2. The number of pyridine rings is 1. The highest BCUT2D eigenvalue weighted by Crippen LogP contribution is 2.28. The first-order chi connectivity index (χ1) is 13.2. The number of aryl methyl sites for hydroxylation is 1. The van der Waals surface area contributed by atoms with E-state index in [2.05, 4.69) is 25.1 Å². The van der Waals surface area contributed by atoms with E-state index in [1.54, 1.807) is 6.92 Å². The fourth-order valence-electron chi connectivity index (χ4n) is 1.28. The number of halogens is 3. The van der Waals surface area contributed by atoms with Crippen LogP contribution in [0.25, 0.3) is 11.5 Å². The first-order valence-electron chi connectivity index (χ1n) is 9.12. The highest BCUT2D eigenvalue weighted by Gasteiger charge is 2.32. The van der Waals surface area contributed by atoms with Crippen LogP contribution in [0.3, 0.4) is 0 Å². The topological polar surface area (TPSA) is 73.4 Å². The molecule has 0 aliphatic carbocycles. The summed E-state index contributed by atoms with van der Waals surface area (Å²) < 4.78 is 41.4. The average molecular weight is 406 g/mol. The fourth-order valence-corrected chi connectivity index (χ4v) is 1.28. The SMILES string of the molecule is CC.CC.CC.CON=C(C)C.Cc1noc(-c2ccc(C(F)(F)F)nc2)n1. The molecule has 0 aliphatic heterocycles. The summed E-state index contributed by atoms with van der Waals surface area (Å²) in [6.45, 7) is 17.4. The van der Waals surface area contributed by atoms with Crippen LogP contribution in [0.1, 0.15) is 66.9 Å². The van der Waals surface area contributed by atoms with Crippen molar-refractivity contribution in [1.82, 2.24) is 15.1 Å². The molecule has 0 amide bonds. The van der Waals surface area contributed by atoms with Gasteiger partial charge in [-0.15, -0.1) is 0 Å². The van der Waals surface area contributed by atoms with Crippen LogP contribution in [0.15, 0.2) is 28.0 Å². The molecule has 0 spiro atoms. The molecule has 28 heavy (non-hydrogen) atoms. The molecule has 162 valence electrons. The second-order valence-electron chi connectivity index (χ2n) is 4.30. The Hall–Kier alpha value is -2.45. The summed E-state index contributed by atoms with van der Waals surface area (Å²) in [6.07, 6.45) is -3.39. The van der Waals surface area contributed by atoms with Gasteiger partial charge in [0, 0.05) is 6.20 Å². The van der Waals surface area contributed by atoms with Crippen molar-refractivity contribution in [2.24, 2.45) is 5.16 Å². The quantitative estimate of drug-likeness (QED) is 0.417. The first-order valence-corrected chi connectivity index (χ1v) is 9.12. The summed E-state index contributed by atoms with van der Waals surface area (Å²) in [5.41, 5.74) is 0.346. The number of alkyl halides is 3. The molecule has 0 bridgehead atoms. The Labute approximate surface area is 166 Å². The highest BCUT2D eigenvalue weighted by molar-refractivity contribution is 5.78. The zero-order chi connectivity index (χ0) is 22.8. The Balaban J connectivity index is -0.000000440. The van der Waals surface area contributed by atoms with E-state index in [9.17, 15) is 13.2 Å². The first kappa shape index (κ1) is 30.3. The third-order valence-corrected chi connectivity index (χ3v) is 2.10. The van der Waals surface area contributed by atoms with Crippen LogP contribution in [0.4, 0.5) is 13.2 Å². The molecule has 0 radical (unpaired) electrons. The number of hydrogen-bond donors (Lipinski definition) is 0. The second-order valence-corrected chi connectivity index (χ2v) is 4.30. The monoisotopic (exact) mass is 406 g/mol. The van der Waals surface area contributed by atoms with Gasteiger partial charge in [-0.3, -0.25) is 4.98 Å². The van der Waals surface area contributed by atoms with Crippen molar-refractivity contribution in [3.8, 4) is 11.5 Å². The predicted molar refractivity (Wildman–Crippen MR) is 107 cm³/mol. The number of oxime groups is 1. The molecule has 2 heterocycles. The second kappa shape index (κ2) is 17.9. The largest absolute Gasteiger partial charge is 0.433 e. The van der Waals surface area contributed by atoms with E-state index in [4.69, 9.17) is 4.52 Å². The summed E-state index contributed by atoms with van der Waals surface area (Å²) in [6, 6.07) is 2.11. The summed E-state index contributed by atoms with van der Waals surface area (Å²) in [5.74, 6) is 0.564. The van der Waals surface area contributed by atoms with Crippen molar-refractivity contribution >= 4 is 5.71 Å². The molecule has 0 atom stereocenters. The van der Waals surface area contributed by atoms with Crippen molar-refractivity contribution in [3.05, 3.63) is 29.8 Å². The average Bonchev–Trinajstić information content (AvgIpc) is 3.13. The minimum atomic E-state index is -4.44. The van der Waals surface area contributed by atoms with Gasteiger partial charge in [0.25, 0.3) is 5.89 Å². The van der Waals surface area contributed by atoms with Crippen molar-refractivity contribution < 1.29 is 22.5 Å². The summed E-state index contributed by atoms with van der Waals surface area (Å²) in [4.78, 5) is 11.5. The Kier molecular flexibility index (Phi) is 19.4. The van der Waals surface area contributed by atoms with Crippen LogP contribution in [0.5, 0.6) is 0 Å². The maximum absolute atomic E-state index is 12.2. The Morgan fingerprint density at radius 3 is 1.82 bits per heavy atom. The van der Waals surface area contributed by atoms with Crippen LogP contribution >= 0.6 is 0 Å². The van der Waals surface area contributed by atoms with E-state index >= 15 is 0 Å². The third-order valence-electron chi connectivity index (χ3n) is 2.10. The lowest BCUT2D eigenvalue weighted by Crippen LogP contribution is -2.07. The molecule has 6 nitrogen and oxygen atoms in total. The van der Waals surface area contributed by atoms with Gasteiger partial charge in [-0.1, -0.05) is 51.9 Å². The molecule has 0 unspecified atom stereocenters. The lowest BCUT2D eigenvalue weighted by Gasteiger charge is -2.04. The molecule has 2 aromatic rings. The molecule has 0 saturated carbocycles. The molecule has 9 heteroatoms. The normalized spacial score (nSPS) is 8.89. The van der Waals surface area contributed by atoms with Crippen LogP contribution in [-0.4, -0.2) is 27.9 Å². The molecule has 2 aromatic heterocycles. The summed E-state index contributed by atoms with van der Waals surface area (Å²) in [5, 5.41) is 7.07. The van der Waals surface area contributed by atoms with Gasteiger partial charge in [-0.25, -0.2) is 0 Å². The van der Waals surface area contributed by atoms with E-state index in [0.717, 1.165) is 18.0 Å². The van der Waals surface area contributed by atoms with Crippen LogP contribution in [0, 0.1) is 6.92 Å². The van der Waals surface area contributed by atoms with Crippen molar-refractivity contribution in [2.45, 2.75) is 68.5 Å². The van der Waals surface area contributed by atoms with Crippen molar-refractivity contribution in [3.63, 3.8) is 0 Å². The smallest absolute Gasteiger partial charge is 0.399 e. The number of aromatic nitrogens is 3. The fraction of sp³-hybridized carbons (Fsp3) is 0.579. The number of hydrogen-bond acceptors (Lipinski definition) is 6. The van der Waals surface area contributed by atoms with Crippen LogP contribution in [-0.2, 0) is 11.0 Å². The standard InChI is InChI=1S/C9H6F3N3O.C4H9NO.3C2H6/c1-5-14-8(16-15-5)6-2-3-7(13-4-6)9(10,11)12;1-4(2)5-6-3;3*1-2/h2-4H,1H3;1-3H3;3*1-2H3. The lowest BCUT2D eigenvalue weighted by atomic mass is 10.2. The minimum absolute atomic E-state index is 0.152.